The Morgan fingerprint density at radius 3 is 2.61 bits per heavy atom. The number of nitrogens with two attached hydrogens (primary N) is 1. The molecule has 0 saturated carbocycles. The molecule has 0 aromatic carbocycles. The molecule has 1 aliphatic carbocycles. The third-order valence-corrected chi connectivity index (χ3v) is 2.96. The van der Waals surface area contributed by atoms with E-state index in [1.165, 1.54) is 18.4 Å². The predicted molar refractivity (Wildman–Crippen MR) is 72.3 cm³/mol. The standard InChI is InChI=1S/C14H21N3O/c1-14(2,3)18-13-10(12(15)16)8-9-6-4-5-7-11(9)17-13/h8H,4-7H2,1-3H3,(H3,15,16). The van der Waals surface area contributed by atoms with Crippen LogP contribution < -0.4 is 10.5 Å². The number of fused-ring (bicyclic) bond motifs is 1. The van der Waals surface area contributed by atoms with Gasteiger partial charge in [0, 0.05) is 5.69 Å². The van der Waals surface area contributed by atoms with Crippen LogP contribution in [0.4, 0.5) is 0 Å². The number of ether oxygens (including phenoxy) is 1. The van der Waals surface area contributed by atoms with Crippen LogP contribution >= 0.6 is 0 Å². The topological polar surface area (TPSA) is 72.0 Å². The quantitative estimate of drug-likeness (QED) is 0.622. The van der Waals surface area contributed by atoms with E-state index in [0.717, 1.165) is 18.5 Å². The highest BCUT2D eigenvalue weighted by molar-refractivity contribution is 5.97. The number of aromatic nitrogens is 1. The SMILES string of the molecule is CC(C)(C)Oc1nc2c(cc1C(=N)N)CCCC2. The van der Waals surface area contributed by atoms with Gasteiger partial charge in [-0.3, -0.25) is 5.41 Å². The number of nitrogens with one attached hydrogen (secondary N) is 1. The lowest BCUT2D eigenvalue weighted by Gasteiger charge is -2.24. The minimum absolute atomic E-state index is 0.0233. The summed E-state index contributed by atoms with van der Waals surface area (Å²) in [5, 5.41) is 7.66. The molecule has 0 radical (unpaired) electrons. The predicted octanol–water partition coefficient (Wildman–Crippen LogP) is 2.42. The van der Waals surface area contributed by atoms with Crippen molar-refractivity contribution in [2.45, 2.75) is 52.1 Å². The van der Waals surface area contributed by atoms with Crippen molar-refractivity contribution < 1.29 is 4.74 Å². The summed E-state index contributed by atoms with van der Waals surface area (Å²) >= 11 is 0. The third kappa shape index (κ3) is 2.81. The van der Waals surface area contributed by atoms with Gasteiger partial charge in [-0.1, -0.05) is 0 Å². The zero-order valence-corrected chi connectivity index (χ0v) is 11.3. The van der Waals surface area contributed by atoms with Crippen LogP contribution in [0.15, 0.2) is 6.07 Å². The van der Waals surface area contributed by atoms with Crippen molar-refractivity contribution in [3.63, 3.8) is 0 Å². The summed E-state index contributed by atoms with van der Waals surface area (Å²) in [6, 6.07) is 1.98. The number of hydrogen-bond donors (Lipinski definition) is 2. The summed E-state index contributed by atoms with van der Waals surface area (Å²) in [5.74, 6) is 0.519. The average Bonchev–Trinajstić information content (AvgIpc) is 2.25. The van der Waals surface area contributed by atoms with Crippen LogP contribution in [-0.2, 0) is 12.8 Å². The Kier molecular flexibility index (Phi) is 3.28. The molecular weight excluding hydrogens is 226 g/mol. The van der Waals surface area contributed by atoms with Crippen molar-refractivity contribution in [1.82, 2.24) is 4.98 Å². The smallest absolute Gasteiger partial charge is 0.225 e. The Hall–Kier alpha value is -1.58. The second-order valence-corrected chi connectivity index (χ2v) is 5.78. The fourth-order valence-electron chi connectivity index (χ4n) is 2.18. The first-order chi connectivity index (χ1) is 8.37. The van der Waals surface area contributed by atoms with Crippen molar-refractivity contribution in [3.8, 4) is 5.88 Å². The fourth-order valence-corrected chi connectivity index (χ4v) is 2.18. The summed E-state index contributed by atoms with van der Waals surface area (Å²) < 4.78 is 5.83. The monoisotopic (exact) mass is 247 g/mol. The molecule has 1 aromatic heterocycles. The normalized spacial score (nSPS) is 15.1. The highest BCUT2D eigenvalue weighted by atomic mass is 16.5. The van der Waals surface area contributed by atoms with Gasteiger partial charge >= 0.3 is 0 Å². The molecule has 1 aliphatic rings. The molecular formula is C14H21N3O. The van der Waals surface area contributed by atoms with E-state index in [9.17, 15) is 0 Å². The van der Waals surface area contributed by atoms with Gasteiger partial charge in [-0.25, -0.2) is 4.98 Å². The molecule has 2 rings (SSSR count). The van der Waals surface area contributed by atoms with E-state index in [2.05, 4.69) is 4.98 Å². The average molecular weight is 247 g/mol. The summed E-state index contributed by atoms with van der Waals surface area (Å²) in [6.45, 7) is 5.91. The van der Waals surface area contributed by atoms with E-state index in [4.69, 9.17) is 15.9 Å². The molecule has 18 heavy (non-hydrogen) atoms. The summed E-state index contributed by atoms with van der Waals surface area (Å²) in [5.41, 5.74) is 8.23. The van der Waals surface area contributed by atoms with Crippen LogP contribution in [0.2, 0.25) is 0 Å². The minimum Gasteiger partial charge on any atom is -0.471 e. The Balaban J connectivity index is 2.45. The Morgan fingerprint density at radius 2 is 2.00 bits per heavy atom. The minimum atomic E-state index is -0.333. The lowest BCUT2D eigenvalue weighted by Crippen LogP contribution is -2.27. The van der Waals surface area contributed by atoms with E-state index >= 15 is 0 Å². The zero-order valence-electron chi connectivity index (χ0n) is 11.3. The zero-order chi connectivity index (χ0) is 13.3. The van der Waals surface area contributed by atoms with Crippen molar-refractivity contribution in [2.75, 3.05) is 0 Å². The number of nitrogen functional groups attached to an aromatic ring is 1. The molecule has 0 fully saturated rings. The Morgan fingerprint density at radius 1 is 1.33 bits per heavy atom. The van der Waals surface area contributed by atoms with E-state index < -0.39 is 0 Å². The largest absolute Gasteiger partial charge is 0.471 e. The van der Waals surface area contributed by atoms with Crippen molar-refractivity contribution in [3.05, 3.63) is 22.9 Å². The fraction of sp³-hybridized carbons (Fsp3) is 0.571. The Labute approximate surface area is 108 Å². The highest BCUT2D eigenvalue weighted by Crippen LogP contribution is 2.27. The molecule has 98 valence electrons. The number of amidine groups is 1. The molecule has 0 spiro atoms. The van der Waals surface area contributed by atoms with Gasteiger partial charge in [-0.05, 0) is 58.1 Å². The molecule has 0 amide bonds. The Bertz CT molecular complexity index is 475. The van der Waals surface area contributed by atoms with Crippen LogP contribution in [0.5, 0.6) is 5.88 Å². The second-order valence-electron chi connectivity index (χ2n) is 5.78. The van der Waals surface area contributed by atoms with Gasteiger partial charge in [0.2, 0.25) is 5.88 Å². The van der Waals surface area contributed by atoms with Crippen molar-refractivity contribution in [2.24, 2.45) is 5.73 Å². The molecule has 0 atom stereocenters. The van der Waals surface area contributed by atoms with Crippen LogP contribution in [0, 0.1) is 5.41 Å². The first kappa shape index (κ1) is 12.9. The van der Waals surface area contributed by atoms with Gasteiger partial charge < -0.3 is 10.5 Å². The number of nitrogens with zero attached hydrogens (tertiary/aromatic N) is 1. The van der Waals surface area contributed by atoms with Crippen molar-refractivity contribution in [1.29, 1.82) is 5.41 Å². The van der Waals surface area contributed by atoms with Crippen LogP contribution in [0.25, 0.3) is 0 Å². The maximum absolute atomic E-state index is 7.66. The molecule has 0 unspecified atom stereocenters. The maximum atomic E-state index is 7.66. The first-order valence-electron chi connectivity index (χ1n) is 6.43. The maximum Gasteiger partial charge on any atom is 0.225 e. The molecule has 3 N–H and O–H groups in total. The van der Waals surface area contributed by atoms with Gasteiger partial charge in [0.25, 0.3) is 0 Å². The summed E-state index contributed by atoms with van der Waals surface area (Å²) in [4.78, 5) is 4.58. The van der Waals surface area contributed by atoms with Gasteiger partial charge in [0.15, 0.2) is 0 Å². The van der Waals surface area contributed by atoms with E-state index in [0.29, 0.717) is 11.4 Å². The van der Waals surface area contributed by atoms with E-state index in [1.807, 2.05) is 26.8 Å². The van der Waals surface area contributed by atoms with E-state index in [-0.39, 0.29) is 11.4 Å². The number of rotatable bonds is 2. The highest BCUT2D eigenvalue weighted by Gasteiger charge is 2.21. The van der Waals surface area contributed by atoms with Gasteiger partial charge in [-0.2, -0.15) is 0 Å². The second kappa shape index (κ2) is 4.59. The molecule has 1 aromatic rings. The van der Waals surface area contributed by atoms with Crippen LogP contribution in [0.1, 0.15) is 50.4 Å². The number of aryl methyl sites for hydroxylation is 2. The first-order valence-corrected chi connectivity index (χ1v) is 6.43. The van der Waals surface area contributed by atoms with Crippen molar-refractivity contribution >= 4 is 5.84 Å². The lowest BCUT2D eigenvalue weighted by molar-refractivity contribution is 0.123. The summed E-state index contributed by atoms with van der Waals surface area (Å²) in [6.07, 6.45) is 4.38. The van der Waals surface area contributed by atoms with Gasteiger partial charge in [0.1, 0.15) is 11.4 Å². The lowest BCUT2D eigenvalue weighted by atomic mass is 9.94. The molecule has 4 heteroatoms. The molecule has 4 nitrogen and oxygen atoms in total. The number of hydrogen-bond acceptors (Lipinski definition) is 3. The third-order valence-electron chi connectivity index (χ3n) is 2.96. The number of pyridine rings is 1. The van der Waals surface area contributed by atoms with Crippen LogP contribution in [0.3, 0.4) is 0 Å². The van der Waals surface area contributed by atoms with Gasteiger partial charge in [-0.15, -0.1) is 0 Å². The van der Waals surface area contributed by atoms with Crippen LogP contribution in [-0.4, -0.2) is 16.4 Å². The van der Waals surface area contributed by atoms with E-state index in [1.54, 1.807) is 0 Å². The molecule has 1 heterocycles. The molecule has 0 bridgehead atoms. The molecule has 0 saturated heterocycles. The summed E-state index contributed by atoms with van der Waals surface area (Å²) in [7, 11) is 0. The molecule has 0 aliphatic heterocycles. The van der Waals surface area contributed by atoms with Gasteiger partial charge in [0.05, 0.1) is 5.56 Å².